The number of aliphatic hydroxyl groups excluding tert-OH is 3. The number of hydrogen-bond acceptors (Lipinski definition) is 9. The molecule has 0 saturated heterocycles. The summed E-state index contributed by atoms with van der Waals surface area (Å²) in [6.07, 6.45) is 4.10. The predicted molar refractivity (Wildman–Crippen MR) is 110 cm³/mol. The minimum atomic E-state index is -0.837. The fraction of sp³-hybridized carbons (Fsp3) is 0.571. The first-order chi connectivity index (χ1) is 14.2. The van der Waals surface area contributed by atoms with E-state index in [1.54, 1.807) is 6.92 Å². The molecule has 172 valence electrons. The van der Waals surface area contributed by atoms with Crippen LogP contribution in [0.5, 0.6) is 0 Å². The highest BCUT2D eigenvalue weighted by molar-refractivity contribution is 5.82. The molecule has 0 atom stereocenters. The first kappa shape index (κ1) is 29.7. The maximum atomic E-state index is 11.2. The van der Waals surface area contributed by atoms with Gasteiger partial charge in [0, 0.05) is 23.6 Å². The molecule has 0 fully saturated rings. The van der Waals surface area contributed by atoms with Crippen molar-refractivity contribution in [3.05, 3.63) is 38.0 Å². The fourth-order valence-electron chi connectivity index (χ4n) is 1.77. The molecule has 0 heterocycles. The van der Waals surface area contributed by atoms with Gasteiger partial charge in [0.25, 0.3) is 0 Å². The van der Waals surface area contributed by atoms with Crippen molar-refractivity contribution in [2.75, 3.05) is 39.6 Å². The maximum absolute atomic E-state index is 11.2. The van der Waals surface area contributed by atoms with Gasteiger partial charge in [-0.05, 0) is 12.8 Å². The number of carbonyl (C=O) groups is 3. The third-order valence-corrected chi connectivity index (χ3v) is 4.57. The molecule has 0 aliphatic carbocycles. The first-order valence-corrected chi connectivity index (χ1v) is 9.37. The molecule has 0 aliphatic heterocycles. The van der Waals surface area contributed by atoms with Crippen molar-refractivity contribution in [2.45, 2.75) is 26.7 Å². The van der Waals surface area contributed by atoms with Gasteiger partial charge in [-0.15, -0.1) is 0 Å². The highest BCUT2D eigenvalue weighted by Gasteiger charge is 2.33. The fourth-order valence-corrected chi connectivity index (χ4v) is 1.77. The van der Waals surface area contributed by atoms with E-state index in [9.17, 15) is 14.4 Å². The van der Waals surface area contributed by atoms with Gasteiger partial charge < -0.3 is 29.5 Å². The van der Waals surface area contributed by atoms with E-state index in [4.69, 9.17) is 29.5 Å². The second kappa shape index (κ2) is 16.3. The van der Waals surface area contributed by atoms with Crippen LogP contribution in [0.4, 0.5) is 0 Å². The van der Waals surface area contributed by atoms with E-state index in [1.807, 2.05) is 6.92 Å². The zero-order chi connectivity index (χ0) is 23.6. The summed E-state index contributed by atoms with van der Waals surface area (Å²) in [6, 6.07) is 0. The number of ether oxygens (including phenoxy) is 3. The van der Waals surface area contributed by atoms with Crippen LogP contribution >= 0.6 is 0 Å². The molecule has 0 amide bonds. The Kier molecular flexibility index (Phi) is 16.2. The Morgan fingerprint density at radius 2 is 0.933 bits per heavy atom. The van der Waals surface area contributed by atoms with E-state index < -0.39 is 28.7 Å². The molecule has 9 nitrogen and oxygen atoms in total. The second-order valence-corrected chi connectivity index (χ2v) is 6.62. The zero-order valence-electron chi connectivity index (χ0n) is 17.8. The highest BCUT2D eigenvalue weighted by Crippen LogP contribution is 2.24. The molecule has 3 N–H and O–H groups in total. The molecule has 0 bridgehead atoms. The van der Waals surface area contributed by atoms with E-state index in [-0.39, 0.29) is 39.6 Å². The summed E-state index contributed by atoms with van der Waals surface area (Å²) in [7, 11) is 0. The Morgan fingerprint density at radius 1 is 0.667 bits per heavy atom. The normalized spacial score (nSPS) is 10.7. The number of rotatable bonds is 14. The van der Waals surface area contributed by atoms with Crippen molar-refractivity contribution >= 4 is 17.9 Å². The van der Waals surface area contributed by atoms with Gasteiger partial charge in [-0.2, -0.15) is 0 Å². The average Bonchev–Trinajstić information content (AvgIpc) is 2.80. The van der Waals surface area contributed by atoms with Crippen LogP contribution in [0.2, 0.25) is 0 Å². The predicted octanol–water partition coefficient (Wildman–Crippen LogP) is 0.930. The third-order valence-electron chi connectivity index (χ3n) is 4.57. The number of esters is 3. The molecule has 30 heavy (non-hydrogen) atoms. The molecule has 0 aromatic heterocycles. The summed E-state index contributed by atoms with van der Waals surface area (Å²) in [5, 5.41) is 26.0. The van der Waals surface area contributed by atoms with Gasteiger partial charge in [-0.1, -0.05) is 33.6 Å². The summed E-state index contributed by atoms with van der Waals surface area (Å²) in [6.45, 7) is 12.8. The summed E-state index contributed by atoms with van der Waals surface area (Å²) >= 11 is 0. The van der Waals surface area contributed by atoms with Crippen molar-refractivity contribution in [1.29, 1.82) is 0 Å². The lowest BCUT2D eigenvalue weighted by molar-refractivity contribution is -0.156. The van der Waals surface area contributed by atoms with Crippen molar-refractivity contribution in [3.63, 3.8) is 0 Å². The van der Waals surface area contributed by atoms with Crippen molar-refractivity contribution < 1.29 is 43.9 Å². The van der Waals surface area contributed by atoms with Crippen molar-refractivity contribution in [3.8, 4) is 0 Å². The van der Waals surface area contributed by atoms with Crippen LogP contribution in [-0.4, -0.2) is 72.9 Å². The molecule has 0 rings (SSSR count). The SMILES string of the molecule is C=CC(=O)OCC(CC)(COC(=O)C=C)COC(=O)C=C.CCC(CO)(CO)CO. The topological polar surface area (TPSA) is 140 Å². The largest absolute Gasteiger partial charge is 0.462 e. The number of aliphatic hydroxyl groups is 3. The molecule has 0 aliphatic rings. The van der Waals surface area contributed by atoms with Crippen LogP contribution in [0.1, 0.15) is 26.7 Å². The molecular weight excluding hydrogens is 396 g/mol. The zero-order valence-corrected chi connectivity index (χ0v) is 17.8. The van der Waals surface area contributed by atoms with E-state index in [2.05, 4.69) is 19.7 Å². The Morgan fingerprint density at radius 3 is 1.07 bits per heavy atom. The summed E-state index contributed by atoms with van der Waals surface area (Å²) in [4.78, 5) is 33.5. The van der Waals surface area contributed by atoms with Gasteiger partial charge in [0.15, 0.2) is 0 Å². The van der Waals surface area contributed by atoms with Crippen LogP contribution in [0.25, 0.3) is 0 Å². The van der Waals surface area contributed by atoms with Crippen LogP contribution in [0.15, 0.2) is 38.0 Å². The third kappa shape index (κ3) is 11.5. The average molecular weight is 430 g/mol. The highest BCUT2D eigenvalue weighted by atomic mass is 16.6. The van der Waals surface area contributed by atoms with Crippen molar-refractivity contribution in [1.82, 2.24) is 0 Å². The Labute approximate surface area is 177 Å². The van der Waals surface area contributed by atoms with Crippen molar-refractivity contribution in [2.24, 2.45) is 10.8 Å². The van der Waals surface area contributed by atoms with Crippen LogP contribution < -0.4 is 0 Å². The summed E-state index contributed by atoms with van der Waals surface area (Å²) in [5.74, 6) is -1.84. The number of carbonyl (C=O) groups excluding carboxylic acids is 3. The molecule has 0 spiro atoms. The van der Waals surface area contributed by atoms with Gasteiger partial charge in [0.05, 0.1) is 25.2 Å². The summed E-state index contributed by atoms with van der Waals surface area (Å²) < 4.78 is 15.0. The van der Waals surface area contributed by atoms with Gasteiger partial charge in [-0.25, -0.2) is 14.4 Å². The summed E-state index contributed by atoms with van der Waals surface area (Å²) in [5.41, 5.74) is -1.50. The van der Waals surface area contributed by atoms with Gasteiger partial charge in [0.1, 0.15) is 19.8 Å². The molecule has 0 aromatic rings. The first-order valence-electron chi connectivity index (χ1n) is 9.37. The van der Waals surface area contributed by atoms with E-state index in [1.165, 1.54) is 0 Å². The van der Waals surface area contributed by atoms with E-state index in [0.29, 0.717) is 12.8 Å². The quantitative estimate of drug-likeness (QED) is 0.208. The lowest BCUT2D eigenvalue weighted by Gasteiger charge is -2.30. The Balaban J connectivity index is 0. The second-order valence-electron chi connectivity index (χ2n) is 6.62. The maximum Gasteiger partial charge on any atom is 0.330 e. The monoisotopic (exact) mass is 430 g/mol. The van der Waals surface area contributed by atoms with Crippen LogP contribution in [0.3, 0.4) is 0 Å². The lowest BCUT2D eigenvalue weighted by Crippen LogP contribution is -2.38. The van der Waals surface area contributed by atoms with Gasteiger partial charge >= 0.3 is 17.9 Å². The molecule has 0 aromatic carbocycles. The molecule has 0 radical (unpaired) electrons. The Hall–Kier alpha value is -2.49. The minimum Gasteiger partial charge on any atom is -0.462 e. The smallest absolute Gasteiger partial charge is 0.330 e. The Bertz CT molecular complexity index is 488. The van der Waals surface area contributed by atoms with Crippen LogP contribution in [0, 0.1) is 10.8 Å². The van der Waals surface area contributed by atoms with Gasteiger partial charge in [0.2, 0.25) is 0 Å². The van der Waals surface area contributed by atoms with E-state index in [0.717, 1.165) is 18.2 Å². The van der Waals surface area contributed by atoms with E-state index >= 15 is 0 Å². The number of hydrogen-bond donors (Lipinski definition) is 3. The van der Waals surface area contributed by atoms with Gasteiger partial charge in [-0.3, -0.25) is 0 Å². The van der Waals surface area contributed by atoms with Crippen LogP contribution in [-0.2, 0) is 28.6 Å². The lowest BCUT2D eigenvalue weighted by atomic mass is 9.88. The molecular formula is C21H34O9. The standard InChI is InChI=1S/C15H20O6.C6H14O3/c1-5-12(16)19-9-15(8-4,10-20-13(17)6-2)11-21-14(18)7-3;1-2-6(3-7,4-8)5-9/h5-7H,1-3,8-11H2,4H3;7-9H,2-5H2,1H3. The minimum absolute atomic E-state index is 0.0802. The molecule has 9 heteroatoms. The molecule has 0 saturated carbocycles. The molecule has 0 unspecified atom stereocenters.